The van der Waals surface area contributed by atoms with Crippen LogP contribution in [0.5, 0.6) is 0 Å². The lowest BCUT2D eigenvalue weighted by atomic mass is 10.1. The Balaban J connectivity index is 1.85. The van der Waals surface area contributed by atoms with Crippen molar-refractivity contribution in [2.75, 3.05) is 6.61 Å². The molecule has 2 aromatic rings. The second-order valence-electron chi connectivity index (χ2n) is 5.29. The van der Waals surface area contributed by atoms with Gasteiger partial charge in [-0.05, 0) is 43.7 Å². The van der Waals surface area contributed by atoms with Gasteiger partial charge >= 0.3 is 5.97 Å². The van der Waals surface area contributed by atoms with E-state index in [0.717, 1.165) is 11.1 Å². The number of carbonyl (C=O) groups excluding carboxylic acids is 2. The van der Waals surface area contributed by atoms with E-state index >= 15 is 0 Å². The number of aryl methyl sites for hydroxylation is 1. The molecule has 1 N–H and O–H groups in total. The summed E-state index contributed by atoms with van der Waals surface area (Å²) in [5.41, 5.74) is 2.36. The Morgan fingerprint density at radius 3 is 2.52 bits per heavy atom. The van der Waals surface area contributed by atoms with Crippen LogP contribution in [0.4, 0.5) is 0 Å². The molecule has 0 aromatic heterocycles. The summed E-state index contributed by atoms with van der Waals surface area (Å²) in [6.07, 6.45) is 0. The highest BCUT2D eigenvalue weighted by atomic mass is 35.5. The normalized spacial score (nSPS) is 11.6. The van der Waals surface area contributed by atoms with Crippen molar-refractivity contribution < 1.29 is 14.3 Å². The highest BCUT2D eigenvalue weighted by Crippen LogP contribution is 2.17. The average Bonchev–Trinajstić information content (AvgIpc) is 2.53. The van der Waals surface area contributed by atoms with Gasteiger partial charge in [0.1, 0.15) is 0 Å². The van der Waals surface area contributed by atoms with Gasteiger partial charge in [0, 0.05) is 5.02 Å². The van der Waals surface area contributed by atoms with Crippen LogP contribution >= 0.6 is 11.6 Å². The number of carbonyl (C=O) groups is 2. The largest absolute Gasteiger partial charge is 0.452 e. The van der Waals surface area contributed by atoms with Crippen LogP contribution in [0.15, 0.2) is 48.5 Å². The molecule has 2 aromatic carbocycles. The molecule has 0 aliphatic rings. The van der Waals surface area contributed by atoms with Gasteiger partial charge in [0.2, 0.25) is 0 Å². The van der Waals surface area contributed by atoms with Crippen molar-refractivity contribution in [2.45, 2.75) is 19.9 Å². The van der Waals surface area contributed by atoms with Crippen molar-refractivity contribution in [1.82, 2.24) is 5.32 Å². The first kappa shape index (κ1) is 17.0. The third-order valence-electron chi connectivity index (χ3n) is 3.35. The molecule has 5 heteroatoms. The average molecular weight is 332 g/mol. The fourth-order valence-electron chi connectivity index (χ4n) is 2.05. The van der Waals surface area contributed by atoms with E-state index in [-0.39, 0.29) is 18.6 Å². The number of amides is 1. The van der Waals surface area contributed by atoms with Crippen LogP contribution < -0.4 is 5.32 Å². The molecule has 0 fully saturated rings. The molecule has 1 atom stereocenters. The Morgan fingerprint density at radius 1 is 1.17 bits per heavy atom. The molecule has 4 nitrogen and oxygen atoms in total. The lowest BCUT2D eigenvalue weighted by Crippen LogP contribution is -2.31. The van der Waals surface area contributed by atoms with Gasteiger partial charge in [0.25, 0.3) is 5.91 Å². The van der Waals surface area contributed by atoms with Gasteiger partial charge in [-0.3, -0.25) is 4.79 Å². The molecule has 1 amide bonds. The van der Waals surface area contributed by atoms with Gasteiger partial charge in [-0.15, -0.1) is 0 Å². The van der Waals surface area contributed by atoms with Crippen LogP contribution in [0.2, 0.25) is 5.02 Å². The predicted molar refractivity (Wildman–Crippen MR) is 89.5 cm³/mol. The van der Waals surface area contributed by atoms with Crippen LogP contribution in [-0.4, -0.2) is 18.5 Å². The van der Waals surface area contributed by atoms with Crippen molar-refractivity contribution in [2.24, 2.45) is 0 Å². The first-order valence-electron chi connectivity index (χ1n) is 7.24. The van der Waals surface area contributed by atoms with Crippen LogP contribution in [0.25, 0.3) is 0 Å². The summed E-state index contributed by atoms with van der Waals surface area (Å²) < 4.78 is 5.01. The number of benzene rings is 2. The Labute approximate surface area is 140 Å². The molecule has 2 rings (SSSR count). The van der Waals surface area contributed by atoms with Gasteiger partial charge in [0.15, 0.2) is 6.61 Å². The molecule has 23 heavy (non-hydrogen) atoms. The summed E-state index contributed by atoms with van der Waals surface area (Å²) in [5, 5.41) is 3.37. The topological polar surface area (TPSA) is 55.4 Å². The highest BCUT2D eigenvalue weighted by molar-refractivity contribution is 6.30. The molecule has 0 bridgehead atoms. The summed E-state index contributed by atoms with van der Waals surface area (Å²) in [6, 6.07) is 14.0. The Morgan fingerprint density at radius 2 is 1.87 bits per heavy atom. The zero-order valence-corrected chi connectivity index (χ0v) is 13.8. The maximum Gasteiger partial charge on any atom is 0.338 e. The second kappa shape index (κ2) is 7.79. The van der Waals surface area contributed by atoms with E-state index < -0.39 is 5.97 Å². The highest BCUT2D eigenvalue weighted by Gasteiger charge is 2.13. The summed E-state index contributed by atoms with van der Waals surface area (Å²) in [6.45, 7) is 3.45. The minimum absolute atomic E-state index is 0.223. The molecule has 0 saturated carbocycles. The van der Waals surface area contributed by atoms with Gasteiger partial charge in [-0.2, -0.15) is 0 Å². The third-order valence-corrected chi connectivity index (χ3v) is 3.58. The monoisotopic (exact) mass is 331 g/mol. The fraction of sp³-hybridized carbons (Fsp3) is 0.222. The van der Waals surface area contributed by atoms with Crippen molar-refractivity contribution >= 4 is 23.5 Å². The number of hydrogen-bond donors (Lipinski definition) is 1. The van der Waals surface area contributed by atoms with Crippen molar-refractivity contribution in [1.29, 1.82) is 0 Å². The van der Waals surface area contributed by atoms with E-state index in [9.17, 15) is 9.59 Å². The molecule has 0 saturated heterocycles. The van der Waals surface area contributed by atoms with E-state index in [1.54, 1.807) is 24.3 Å². The van der Waals surface area contributed by atoms with Gasteiger partial charge in [-0.25, -0.2) is 4.79 Å². The van der Waals surface area contributed by atoms with Crippen LogP contribution in [-0.2, 0) is 9.53 Å². The SMILES string of the molecule is Cc1ccc(C(=O)OCC(=O)NC(C)c2cccc(Cl)c2)cc1. The van der Waals surface area contributed by atoms with E-state index in [0.29, 0.717) is 10.6 Å². The number of halogens is 1. The first-order chi connectivity index (χ1) is 11.0. The zero-order chi connectivity index (χ0) is 16.8. The van der Waals surface area contributed by atoms with E-state index in [4.69, 9.17) is 16.3 Å². The molecule has 0 radical (unpaired) electrons. The number of rotatable bonds is 5. The Kier molecular flexibility index (Phi) is 5.77. The molecule has 0 aliphatic carbocycles. The van der Waals surface area contributed by atoms with E-state index in [1.807, 2.05) is 38.1 Å². The minimum Gasteiger partial charge on any atom is -0.452 e. The molecular formula is C18H18ClNO3. The summed E-state index contributed by atoms with van der Waals surface area (Å²) in [7, 11) is 0. The van der Waals surface area contributed by atoms with E-state index in [1.165, 1.54) is 0 Å². The van der Waals surface area contributed by atoms with Crippen molar-refractivity contribution in [3.8, 4) is 0 Å². The van der Waals surface area contributed by atoms with Crippen molar-refractivity contribution in [3.63, 3.8) is 0 Å². The van der Waals surface area contributed by atoms with Crippen LogP contribution in [0.3, 0.4) is 0 Å². The molecular weight excluding hydrogens is 314 g/mol. The quantitative estimate of drug-likeness (QED) is 0.850. The minimum atomic E-state index is -0.518. The maximum atomic E-state index is 11.9. The molecule has 0 aliphatic heterocycles. The number of esters is 1. The molecule has 120 valence electrons. The number of nitrogens with one attached hydrogen (secondary N) is 1. The van der Waals surface area contributed by atoms with Crippen molar-refractivity contribution in [3.05, 3.63) is 70.2 Å². The summed E-state index contributed by atoms with van der Waals surface area (Å²) in [4.78, 5) is 23.7. The smallest absolute Gasteiger partial charge is 0.338 e. The zero-order valence-electron chi connectivity index (χ0n) is 13.0. The maximum absolute atomic E-state index is 11.9. The first-order valence-corrected chi connectivity index (χ1v) is 7.62. The van der Waals surface area contributed by atoms with Crippen LogP contribution in [0, 0.1) is 6.92 Å². The third kappa shape index (κ3) is 5.11. The predicted octanol–water partition coefficient (Wildman–Crippen LogP) is 3.68. The Bertz CT molecular complexity index is 698. The van der Waals surface area contributed by atoms with Gasteiger partial charge in [-0.1, -0.05) is 41.4 Å². The summed E-state index contributed by atoms with van der Waals surface area (Å²) >= 11 is 5.93. The number of ether oxygens (including phenoxy) is 1. The lowest BCUT2D eigenvalue weighted by Gasteiger charge is -2.14. The molecule has 0 spiro atoms. The van der Waals surface area contributed by atoms with Crippen LogP contribution in [0.1, 0.15) is 34.5 Å². The standard InChI is InChI=1S/C18H18ClNO3/c1-12-6-8-14(9-7-12)18(22)23-11-17(21)20-13(2)15-4-3-5-16(19)10-15/h3-10,13H,11H2,1-2H3,(H,20,21). The molecule has 0 heterocycles. The number of hydrogen-bond acceptors (Lipinski definition) is 3. The van der Waals surface area contributed by atoms with Gasteiger partial charge < -0.3 is 10.1 Å². The fourth-order valence-corrected chi connectivity index (χ4v) is 2.25. The Hall–Kier alpha value is -2.33. The lowest BCUT2D eigenvalue weighted by molar-refractivity contribution is -0.124. The molecule has 1 unspecified atom stereocenters. The second-order valence-corrected chi connectivity index (χ2v) is 5.72. The van der Waals surface area contributed by atoms with Gasteiger partial charge in [0.05, 0.1) is 11.6 Å². The van der Waals surface area contributed by atoms with E-state index in [2.05, 4.69) is 5.32 Å². The summed E-state index contributed by atoms with van der Waals surface area (Å²) in [5.74, 6) is -0.881.